The van der Waals surface area contributed by atoms with Crippen LogP contribution in [0.15, 0.2) is 12.3 Å². The second-order valence-corrected chi connectivity index (χ2v) is 2.16. The molecule has 0 fully saturated rings. The summed E-state index contributed by atoms with van der Waals surface area (Å²) in [7, 11) is 1.38. The highest BCUT2D eigenvalue weighted by Gasteiger charge is 2.33. The molecular formula is C6H7F3N2O. The Morgan fingerprint density at radius 1 is 1.58 bits per heavy atom. The molecule has 0 aromatic carbocycles. The van der Waals surface area contributed by atoms with Gasteiger partial charge < -0.3 is 4.74 Å². The first-order chi connectivity index (χ1) is 5.54. The van der Waals surface area contributed by atoms with Gasteiger partial charge in [0, 0.05) is 13.3 Å². The van der Waals surface area contributed by atoms with E-state index in [2.05, 4.69) is 9.84 Å². The average molecular weight is 180 g/mol. The first-order valence-corrected chi connectivity index (χ1v) is 3.13. The molecule has 0 spiro atoms. The van der Waals surface area contributed by atoms with Gasteiger partial charge in [-0.15, -0.1) is 0 Å². The van der Waals surface area contributed by atoms with Crippen molar-refractivity contribution < 1.29 is 17.9 Å². The predicted molar refractivity (Wildman–Crippen MR) is 34.2 cm³/mol. The van der Waals surface area contributed by atoms with Gasteiger partial charge in [-0.25, -0.2) is 4.68 Å². The van der Waals surface area contributed by atoms with E-state index in [0.717, 1.165) is 10.7 Å². The molecule has 68 valence electrons. The summed E-state index contributed by atoms with van der Waals surface area (Å²) >= 11 is 0. The van der Waals surface area contributed by atoms with Gasteiger partial charge in [-0.2, -0.15) is 18.3 Å². The number of nitrogens with zero attached hydrogens (tertiary/aromatic N) is 2. The monoisotopic (exact) mass is 180 g/mol. The van der Waals surface area contributed by atoms with E-state index in [4.69, 9.17) is 0 Å². The maximum atomic E-state index is 11.9. The number of alkyl halides is 3. The Balaban J connectivity index is 2.77. The molecule has 0 radical (unpaired) electrons. The molecule has 1 heterocycles. The number of rotatable bonds is 2. The Hall–Kier alpha value is -1.04. The normalized spacial score (nSPS) is 12.0. The Kier molecular flexibility index (Phi) is 2.37. The van der Waals surface area contributed by atoms with Crippen LogP contribution in [-0.2, 0) is 17.6 Å². The smallest absolute Gasteiger partial charge is 0.362 e. The van der Waals surface area contributed by atoms with E-state index in [1.807, 2.05) is 0 Å². The van der Waals surface area contributed by atoms with Gasteiger partial charge in [-0.1, -0.05) is 0 Å². The molecule has 0 bridgehead atoms. The number of hydrogen-bond acceptors (Lipinski definition) is 2. The highest BCUT2D eigenvalue weighted by Crippen LogP contribution is 2.26. The minimum atomic E-state index is -4.38. The molecule has 0 atom stereocenters. The van der Waals surface area contributed by atoms with Gasteiger partial charge in [-0.3, -0.25) is 0 Å². The summed E-state index contributed by atoms with van der Waals surface area (Å²) in [6.07, 6.45) is -3.16. The first kappa shape index (κ1) is 9.05. The molecule has 0 aliphatic heterocycles. The topological polar surface area (TPSA) is 27.1 Å². The molecule has 0 saturated heterocycles. The molecule has 1 aromatic rings. The molecule has 0 unspecified atom stereocenters. The summed E-state index contributed by atoms with van der Waals surface area (Å²) in [5, 5.41) is 3.24. The summed E-state index contributed by atoms with van der Waals surface area (Å²) in [4.78, 5) is 0. The Morgan fingerprint density at radius 2 is 2.25 bits per heavy atom. The number of methoxy groups -OCH3 is 1. The molecule has 0 aliphatic rings. The van der Waals surface area contributed by atoms with Crippen molar-refractivity contribution in [2.75, 3.05) is 7.11 Å². The molecule has 3 nitrogen and oxygen atoms in total. The van der Waals surface area contributed by atoms with Gasteiger partial charge >= 0.3 is 6.18 Å². The second-order valence-electron chi connectivity index (χ2n) is 2.16. The van der Waals surface area contributed by atoms with Crippen molar-refractivity contribution in [3.05, 3.63) is 18.0 Å². The van der Waals surface area contributed by atoms with Crippen LogP contribution in [0, 0.1) is 0 Å². The molecule has 12 heavy (non-hydrogen) atoms. The number of hydrogen-bond donors (Lipinski definition) is 0. The van der Waals surface area contributed by atoms with Crippen LogP contribution in [0.3, 0.4) is 0 Å². The third-order valence-corrected chi connectivity index (χ3v) is 1.19. The van der Waals surface area contributed by atoms with Crippen molar-refractivity contribution >= 4 is 0 Å². The van der Waals surface area contributed by atoms with Crippen molar-refractivity contribution in [1.82, 2.24) is 9.78 Å². The minimum Gasteiger partial charge on any atom is -0.362 e. The number of ether oxygens (including phenoxy) is 1. The van der Waals surface area contributed by atoms with Crippen LogP contribution < -0.4 is 0 Å². The Labute approximate surface area is 66.7 Å². The zero-order valence-electron chi connectivity index (χ0n) is 6.30. The summed E-state index contributed by atoms with van der Waals surface area (Å²) in [5.41, 5.74) is -0.903. The van der Waals surface area contributed by atoms with E-state index in [1.165, 1.54) is 13.3 Å². The van der Waals surface area contributed by atoms with E-state index in [0.29, 0.717) is 0 Å². The van der Waals surface area contributed by atoms with E-state index in [-0.39, 0.29) is 6.73 Å². The second kappa shape index (κ2) is 3.14. The molecule has 0 N–H and O–H groups in total. The standard InChI is InChI=1S/C6H7F3N2O/c1-12-4-11-3-2-5(10-11)6(7,8)9/h2-3H,4H2,1H3. The summed E-state index contributed by atoms with van der Waals surface area (Å²) < 4.78 is 41.4. The average Bonchev–Trinajstić information content (AvgIpc) is 2.35. The lowest BCUT2D eigenvalue weighted by molar-refractivity contribution is -0.141. The fourth-order valence-corrected chi connectivity index (χ4v) is 0.717. The van der Waals surface area contributed by atoms with Crippen LogP contribution in [0.5, 0.6) is 0 Å². The van der Waals surface area contributed by atoms with Gasteiger partial charge in [0.05, 0.1) is 0 Å². The van der Waals surface area contributed by atoms with Crippen LogP contribution in [0.4, 0.5) is 13.2 Å². The third kappa shape index (κ3) is 1.97. The number of aromatic nitrogens is 2. The van der Waals surface area contributed by atoms with Crippen LogP contribution >= 0.6 is 0 Å². The quantitative estimate of drug-likeness (QED) is 0.689. The maximum Gasteiger partial charge on any atom is 0.435 e. The Bertz CT molecular complexity index is 256. The fraction of sp³-hybridized carbons (Fsp3) is 0.500. The maximum absolute atomic E-state index is 11.9. The van der Waals surface area contributed by atoms with Crippen molar-refractivity contribution in [1.29, 1.82) is 0 Å². The minimum absolute atomic E-state index is 0.0239. The highest BCUT2D eigenvalue weighted by molar-refractivity contribution is 5.02. The fourth-order valence-electron chi connectivity index (χ4n) is 0.717. The van der Waals surface area contributed by atoms with Crippen molar-refractivity contribution in [3.8, 4) is 0 Å². The van der Waals surface area contributed by atoms with Crippen molar-refractivity contribution in [3.63, 3.8) is 0 Å². The van der Waals surface area contributed by atoms with Crippen LogP contribution in [-0.4, -0.2) is 16.9 Å². The summed E-state index contributed by atoms with van der Waals surface area (Å²) in [6, 6.07) is 0.902. The largest absolute Gasteiger partial charge is 0.435 e. The van der Waals surface area contributed by atoms with Gasteiger partial charge in [0.2, 0.25) is 0 Å². The molecule has 0 aliphatic carbocycles. The van der Waals surface area contributed by atoms with Crippen molar-refractivity contribution in [2.24, 2.45) is 0 Å². The third-order valence-electron chi connectivity index (χ3n) is 1.19. The molecule has 1 aromatic heterocycles. The zero-order valence-corrected chi connectivity index (χ0v) is 6.30. The van der Waals surface area contributed by atoms with Gasteiger partial charge in [-0.05, 0) is 6.07 Å². The highest BCUT2D eigenvalue weighted by atomic mass is 19.4. The summed E-state index contributed by atoms with van der Waals surface area (Å²) in [6.45, 7) is 0.0239. The lowest BCUT2D eigenvalue weighted by atomic mass is 10.4. The van der Waals surface area contributed by atoms with Crippen LogP contribution in [0.1, 0.15) is 5.69 Å². The predicted octanol–water partition coefficient (Wildman–Crippen LogP) is 1.51. The van der Waals surface area contributed by atoms with E-state index in [9.17, 15) is 13.2 Å². The summed E-state index contributed by atoms with van der Waals surface area (Å²) in [5.74, 6) is 0. The lowest BCUT2D eigenvalue weighted by Crippen LogP contribution is -2.08. The van der Waals surface area contributed by atoms with Gasteiger partial charge in [0.1, 0.15) is 6.73 Å². The van der Waals surface area contributed by atoms with E-state index in [1.54, 1.807) is 0 Å². The van der Waals surface area contributed by atoms with Crippen LogP contribution in [0.2, 0.25) is 0 Å². The molecule has 0 amide bonds. The number of halogens is 3. The molecular weight excluding hydrogens is 173 g/mol. The molecule has 1 rings (SSSR count). The van der Waals surface area contributed by atoms with Gasteiger partial charge in [0.15, 0.2) is 5.69 Å². The van der Waals surface area contributed by atoms with E-state index < -0.39 is 11.9 Å². The van der Waals surface area contributed by atoms with Crippen molar-refractivity contribution in [2.45, 2.75) is 12.9 Å². The van der Waals surface area contributed by atoms with E-state index >= 15 is 0 Å². The zero-order chi connectivity index (χ0) is 9.19. The molecule has 0 saturated carbocycles. The Morgan fingerprint density at radius 3 is 2.67 bits per heavy atom. The van der Waals surface area contributed by atoms with Crippen LogP contribution in [0.25, 0.3) is 0 Å². The molecule has 6 heteroatoms. The van der Waals surface area contributed by atoms with Gasteiger partial charge in [0.25, 0.3) is 0 Å². The first-order valence-electron chi connectivity index (χ1n) is 3.13. The SMILES string of the molecule is COCn1ccc(C(F)(F)F)n1. The lowest BCUT2D eigenvalue weighted by Gasteiger charge is -2.01.